The van der Waals surface area contributed by atoms with Gasteiger partial charge in [-0.3, -0.25) is 9.59 Å². The summed E-state index contributed by atoms with van der Waals surface area (Å²) in [6.07, 6.45) is 2.19. The van der Waals surface area contributed by atoms with Gasteiger partial charge in [-0.1, -0.05) is 32.0 Å². The quantitative estimate of drug-likeness (QED) is 0.223. The SMILES string of the molecule is CCN(CC)CCCN1C(=O)C(=O)C(=C(O)c2cnn(-c3ccccc3)c2C)C1c1cc(OC)ccc1OC. The van der Waals surface area contributed by atoms with Gasteiger partial charge < -0.3 is 24.4 Å². The zero-order valence-electron chi connectivity index (χ0n) is 23.2. The van der Waals surface area contributed by atoms with Gasteiger partial charge in [-0.25, -0.2) is 4.68 Å². The van der Waals surface area contributed by atoms with E-state index in [1.165, 1.54) is 18.2 Å². The molecule has 39 heavy (non-hydrogen) atoms. The lowest BCUT2D eigenvalue weighted by Gasteiger charge is -2.28. The van der Waals surface area contributed by atoms with Crippen molar-refractivity contribution in [2.45, 2.75) is 33.2 Å². The molecule has 1 aromatic heterocycles. The number of methoxy groups -OCH3 is 2. The van der Waals surface area contributed by atoms with E-state index in [0.29, 0.717) is 41.3 Å². The number of aliphatic hydroxyl groups excluding tert-OH is 1. The first-order chi connectivity index (χ1) is 18.9. The van der Waals surface area contributed by atoms with Gasteiger partial charge in [0.15, 0.2) is 0 Å². The van der Waals surface area contributed by atoms with Crippen LogP contribution in [0.1, 0.15) is 43.1 Å². The third-order valence-electron chi connectivity index (χ3n) is 7.30. The average Bonchev–Trinajstić information content (AvgIpc) is 3.47. The van der Waals surface area contributed by atoms with Crippen LogP contribution in [-0.2, 0) is 9.59 Å². The molecule has 9 nitrogen and oxygen atoms in total. The van der Waals surface area contributed by atoms with Gasteiger partial charge in [-0.05, 0) is 63.3 Å². The number of para-hydroxylation sites is 1. The molecule has 1 saturated heterocycles. The maximum Gasteiger partial charge on any atom is 0.295 e. The molecule has 3 aromatic rings. The minimum Gasteiger partial charge on any atom is -0.507 e. The number of ether oxygens (including phenoxy) is 2. The Labute approximate surface area is 229 Å². The maximum atomic E-state index is 13.5. The zero-order chi connectivity index (χ0) is 28.1. The fourth-order valence-corrected chi connectivity index (χ4v) is 5.11. The summed E-state index contributed by atoms with van der Waals surface area (Å²) in [7, 11) is 3.08. The van der Waals surface area contributed by atoms with Crippen LogP contribution in [0.5, 0.6) is 11.5 Å². The lowest BCUT2D eigenvalue weighted by atomic mass is 9.94. The Balaban J connectivity index is 1.84. The highest BCUT2D eigenvalue weighted by atomic mass is 16.5. The molecular weight excluding hydrogens is 496 g/mol. The minimum atomic E-state index is -0.855. The monoisotopic (exact) mass is 532 g/mol. The summed E-state index contributed by atoms with van der Waals surface area (Å²) in [6, 6.07) is 13.9. The van der Waals surface area contributed by atoms with Crippen LogP contribution in [0.2, 0.25) is 0 Å². The van der Waals surface area contributed by atoms with E-state index in [9.17, 15) is 14.7 Å². The van der Waals surface area contributed by atoms with Gasteiger partial charge in [0.1, 0.15) is 17.3 Å². The van der Waals surface area contributed by atoms with Gasteiger partial charge in [-0.2, -0.15) is 5.10 Å². The van der Waals surface area contributed by atoms with Crippen molar-refractivity contribution in [1.29, 1.82) is 0 Å². The number of carbonyl (C=O) groups is 2. The predicted molar refractivity (Wildman–Crippen MR) is 149 cm³/mol. The van der Waals surface area contributed by atoms with Crippen LogP contribution in [0.4, 0.5) is 0 Å². The maximum absolute atomic E-state index is 13.5. The second-order valence-electron chi connectivity index (χ2n) is 9.37. The van der Waals surface area contributed by atoms with Crippen molar-refractivity contribution in [3.8, 4) is 17.2 Å². The van der Waals surface area contributed by atoms with Crippen LogP contribution in [-0.4, -0.2) is 76.8 Å². The molecule has 1 fully saturated rings. The number of ketones is 1. The Morgan fingerprint density at radius 2 is 1.77 bits per heavy atom. The molecule has 1 amide bonds. The first kappa shape index (κ1) is 27.9. The van der Waals surface area contributed by atoms with Gasteiger partial charge in [-0.15, -0.1) is 0 Å². The Kier molecular flexibility index (Phi) is 8.71. The van der Waals surface area contributed by atoms with Crippen molar-refractivity contribution < 1.29 is 24.2 Å². The predicted octanol–water partition coefficient (Wildman–Crippen LogP) is 4.35. The molecule has 2 aromatic carbocycles. The van der Waals surface area contributed by atoms with E-state index in [1.807, 2.05) is 37.3 Å². The minimum absolute atomic E-state index is 0.00473. The summed E-state index contributed by atoms with van der Waals surface area (Å²) in [5.41, 5.74) is 2.41. The van der Waals surface area contributed by atoms with E-state index >= 15 is 0 Å². The molecule has 1 N–H and O–H groups in total. The molecule has 0 aliphatic carbocycles. The number of hydrogen-bond donors (Lipinski definition) is 1. The Hall–Kier alpha value is -4.11. The van der Waals surface area contributed by atoms with Crippen LogP contribution >= 0.6 is 0 Å². The number of aliphatic hydroxyl groups is 1. The Morgan fingerprint density at radius 1 is 1.05 bits per heavy atom. The van der Waals surface area contributed by atoms with Crippen molar-refractivity contribution in [3.05, 3.63) is 77.1 Å². The van der Waals surface area contributed by atoms with E-state index in [0.717, 1.165) is 25.3 Å². The lowest BCUT2D eigenvalue weighted by molar-refractivity contribution is -0.140. The summed E-state index contributed by atoms with van der Waals surface area (Å²) >= 11 is 0. The molecule has 1 aliphatic heterocycles. The molecular formula is C30H36N4O5. The molecule has 0 radical (unpaired) electrons. The number of carbonyl (C=O) groups excluding carboxylic acids is 2. The molecule has 9 heteroatoms. The summed E-state index contributed by atoms with van der Waals surface area (Å²) in [5.74, 6) is -0.628. The van der Waals surface area contributed by atoms with Crippen molar-refractivity contribution in [2.24, 2.45) is 0 Å². The molecule has 4 rings (SSSR count). The molecule has 1 unspecified atom stereocenters. The van der Waals surface area contributed by atoms with Gasteiger partial charge in [0.25, 0.3) is 11.7 Å². The number of hydrogen-bond acceptors (Lipinski definition) is 7. The Bertz CT molecular complexity index is 1360. The number of Topliss-reactive ketones (excluding diaryl/α,β-unsaturated/α-hetero) is 1. The van der Waals surface area contributed by atoms with Crippen molar-refractivity contribution in [3.63, 3.8) is 0 Å². The van der Waals surface area contributed by atoms with Crippen LogP contribution < -0.4 is 9.47 Å². The highest BCUT2D eigenvalue weighted by molar-refractivity contribution is 6.46. The summed E-state index contributed by atoms with van der Waals surface area (Å²) in [4.78, 5) is 30.8. The molecule has 1 atom stereocenters. The summed E-state index contributed by atoms with van der Waals surface area (Å²) in [6.45, 7) is 8.91. The van der Waals surface area contributed by atoms with Gasteiger partial charge in [0.2, 0.25) is 0 Å². The average molecular weight is 533 g/mol. The molecule has 0 spiro atoms. The van der Waals surface area contributed by atoms with E-state index in [4.69, 9.17) is 9.47 Å². The van der Waals surface area contributed by atoms with E-state index in [-0.39, 0.29) is 11.3 Å². The summed E-state index contributed by atoms with van der Waals surface area (Å²) < 4.78 is 12.8. The van der Waals surface area contributed by atoms with Gasteiger partial charge >= 0.3 is 0 Å². The second kappa shape index (κ2) is 12.2. The summed E-state index contributed by atoms with van der Waals surface area (Å²) in [5, 5.41) is 16.1. The van der Waals surface area contributed by atoms with Crippen molar-refractivity contribution in [2.75, 3.05) is 40.4 Å². The van der Waals surface area contributed by atoms with Gasteiger partial charge in [0.05, 0.1) is 49.0 Å². The van der Waals surface area contributed by atoms with Crippen LogP contribution in [0.15, 0.2) is 60.3 Å². The zero-order valence-corrected chi connectivity index (χ0v) is 23.2. The number of benzene rings is 2. The highest BCUT2D eigenvalue weighted by Gasteiger charge is 2.47. The molecule has 1 aliphatic rings. The first-order valence-electron chi connectivity index (χ1n) is 13.2. The van der Waals surface area contributed by atoms with E-state index in [2.05, 4.69) is 23.8 Å². The van der Waals surface area contributed by atoms with Crippen LogP contribution in [0.3, 0.4) is 0 Å². The molecule has 0 bridgehead atoms. The number of rotatable bonds is 11. The van der Waals surface area contributed by atoms with Gasteiger partial charge in [0, 0.05) is 12.1 Å². The highest BCUT2D eigenvalue weighted by Crippen LogP contribution is 2.44. The number of likely N-dealkylation sites (tertiary alicyclic amines) is 1. The Morgan fingerprint density at radius 3 is 2.41 bits per heavy atom. The van der Waals surface area contributed by atoms with Crippen molar-refractivity contribution >= 4 is 17.4 Å². The smallest absolute Gasteiger partial charge is 0.295 e. The molecule has 0 saturated carbocycles. The fourth-order valence-electron chi connectivity index (χ4n) is 5.11. The third kappa shape index (κ3) is 5.40. The van der Waals surface area contributed by atoms with E-state index < -0.39 is 17.7 Å². The largest absolute Gasteiger partial charge is 0.507 e. The molecule has 2 heterocycles. The fraction of sp³-hybridized carbons (Fsp3) is 0.367. The standard InChI is InChI=1S/C30H36N4O5/c1-6-32(7-2)16-11-17-33-27(23-18-22(38-4)14-15-25(23)39-5)26(29(36)30(33)37)28(35)24-19-31-34(20(24)3)21-12-9-8-10-13-21/h8-10,12-15,18-19,27,35H,6-7,11,16-17H2,1-5H3. The molecule has 206 valence electrons. The van der Waals surface area contributed by atoms with Crippen molar-refractivity contribution in [1.82, 2.24) is 19.6 Å². The first-order valence-corrected chi connectivity index (χ1v) is 13.2. The van der Waals surface area contributed by atoms with Crippen LogP contribution in [0.25, 0.3) is 11.4 Å². The topological polar surface area (TPSA) is 97.1 Å². The van der Waals surface area contributed by atoms with E-state index in [1.54, 1.807) is 30.0 Å². The van der Waals surface area contributed by atoms with Crippen LogP contribution in [0, 0.1) is 6.92 Å². The normalized spacial score (nSPS) is 16.8. The lowest BCUT2D eigenvalue weighted by Crippen LogP contribution is -2.33. The number of amides is 1. The third-order valence-corrected chi connectivity index (χ3v) is 7.30. The number of nitrogens with zero attached hydrogens (tertiary/aromatic N) is 4. The second-order valence-corrected chi connectivity index (χ2v) is 9.37. The number of aromatic nitrogens is 2.